The van der Waals surface area contributed by atoms with Crippen molar-refractivity contribution in [1.29, 1.82) is 0 Å². The molecule has 86 valence electrons. The maximum absolute atomic E-state index is 9.35. The Kier molecular flexibility index (Phi) is 8.02. The van der Waals surface area contributed by atoms with E-state index in [0.717, 1.165) is 19.5 Å². The highest BCUT2D eigenvalue weighted by Gasteiger charge is 2.08. The van der Waals surface area contributed by atoms with Crippen LogP contribution in [0.15, 0.2) is 0 Å². The summed E-state index contributed by atoms with van der Waals surface area (Å²) in [6.07, 6.45) is -0.0369. The lowest BCUT2D eigenvalue weighted by Crippen LogP contribution is -2.39. The zero-order chi connectivity index (χ0) is 11.0. The molecule has 0 rings (SSSR count). The fourth-order valence-corrected chi connectivity index (χ4v) is 1.24. The summed E-state index contributed by atoms with van der Waals surface area (Å²) >= 11 is 0. The predicted molar refractivity (Wildman–Crippen MR) is 56.6 cm³/mol. The van der Waals surface area contributed by atoms with Gasteiger partial charge in [0.2, 0.25) is 0 Å². The van der Waals surface area contributed by atoms with Crippen LogP contribution in [-0.4, -0.2) is 53.7 Å². The van der Waals surface area contributed by atoms with Gasteiger partial charge in [-0.05, 0) is 26.8 Å². The SMILES string of the molecule is CC(O)NCCCN(CCN)C(C)O. The minimum Gasteiger partial charge on any atom is -0.379 e. The normalized spacial score (nSPS) is 15.9. The molecule has 0 aromatic rings. The van der Waals surface area contributed by atoms with Crippen molar-refractivity contribution in [3.63, 3.8) is 0 Å². The van der Waals surface area contributed by atoms with E-state index in [1.54, 1.807) is 13.8 Å². The average Bonchev–Trinajstić information content (AvgIpc) is 2.09. The van der Waals surface area contributed by atoms with Crippen LogP contribution in [0.5, 0.6) is 0 Å². The lowest BCUT2D eigenvalue weighted by molar-refractivity contribution is 0.0195. The summed E-state index contributed by atoms with van der Waals surface area (Å²) in [6, 6.07) is 0. The van der Waals surface area contributed by atoms with Crippen LogP contribution < -0.4 is 11.1 Å². The van der Waals surface area contributed by atoms with E-state index in [2.05, 4.69) is 5.32 Å². The van der Waals surface area contributed by atoms with Gasteiger partial charge in [-0.3, -0.25) is 10.2 Å². The number of nitrogens with zero attached hydrogens (tertiary/aromatic N) is 1. The molecule has 14 heavy (non-hydrogen) atoms. The number of aliphatic hydroxyl groups is 2. The fraction of sp³-hybridized carbons (Fsp3) is 1.00. The Morgan fingerprint density at radius 3 is 2.36 bits per heavy atom. The van der Waals surface area contributed by atoms with E-state index < -0.39 is 12.5 Å². The molecule has 0 aromatic carbocycles. The summed E-state index contributed by atoms with van der Waals surface area (Å²) in [5.74, 6) is 0. The number of nitrogens with two attached hydrogens (primary N) is 1. The molecule has 0 aliphatic heterocycles. The number of rotatable bonds is 8. The lowest BCUT2D eigenvalue weighted by Gasteiger charge is -2.24. The van der Waals surface area contributed by atoms with Crippen molar-refractivity contribution < 1.29 is 10.2 Å². The molecule has 0 saturated heterocycles. The van der Waals surface area contributed by atoms with Crippen LogP contribution in [0, 0.1) is 0 Å². The summed E-state index contributed by atoms with van der Waals surface area (Å²) in [4.78, 5) is 1.91. The van der Waals surface area contributed by atoms with Gasteiger partial charge in [-0.25, -0.2) is 0 Å². The van der Waals surface area contributed by atoms with E-state index in [4.69, 9.17) is 10.8 Å². The molecule has 0 amide bonds. The maximum Gasteiger partial charge on any atom is 0.104 e. The smallest absolute Gasteiger partial charge is 0.104 e. The molecular formula is C9H23N3O2. The van der Waals surface area contributed by atoms with Gasteiger partial charge in [0.05, 0.1) is 0 Å². The Labute approximate surface area is 85.9 Å². The van der Waals surface area contributed by atoms with Gasteiger partial charge < -0.3 is 15.9 Å². The molecule has 2 unspecified atom stereocenters. The van der Waals surface area contributed by atoms with Gasteiger partial charge in [0.1, 0.15) is 12.5 Å². The number of aliphatic hydroxyl groups excluding tert-OH is 2. The van der Waals surface area contributed by atoms with Gasteiger partial charge in [-0.2, -0.15) is 0 Å². The summed E-state index contributed by atoms with van der Waals surface area (Å²) in [5.41, 5.74) is 5.41. The Morgan fingerprint density at radius 1 is 1.29 bits per heavy atom. The minimum atomic E-state index is -0.468. The van der Waals surface area contributed by atoms with Crippen molar-refractivity contribution in [2.45, 2.75) is 32.7 Å². The Bertz CT molecular complexity index is 131. The van der Waals surface area contributed by atoms with Gasteiger partial charge in [-0.1, -0.05) is 0 Å². The standard InChI is InChI=1S/C9H23N3O2/c1-8(13)11-5-3-6-12(7-4-10)9(2)14/h8-9,11,13-14H,3-7,10H2,1-2H3. The first-order valence-electron chi connectivity index (χ1n) is 5.11. The molecule has 5 heteroatoms. The monoisotopic (exact) mass is 205 g/mol. The highest BCUT2D eigenvalue weighted by Crippen LogP contribution is 1.95. The third-order valence-corrected chi connectivity index (χ3v) is 2.01. The van der Waals surface area contributed by atoms with Gasteiger partial charge in [0.15, 0.2) is 0 Å². The molecule has 0 spiro atoms. The second kappa shape index (κ2) is 8.14. The highest BCUT2D eigenvalue weighted by molar-refractivity contribution is 4.60. The first kappa shape index (κ1) is 13.8. The molecule has 0 aromatic heterocycles. The predicted octanol–water partition coefficient (Wildman–Crippen LogP) is -1.10. The van der Waals surface area contributed by atoms with Gasteiger partial charge in [-0.15, -0.1) is 0 Å². The van der Waals surface area contributed by atoms with Crippen molar-refractivity contribution in [1.82, 2.24) is 10.2 Å². The maximum atomic E-state index is 9.35. The first-order valence-corrected chi connectivity index (χ1v) is 5.11. The molecule has 5 nitrogen and oxygen atoms in total. The second-order valence-corrected chi connectivity index (χ2v) is 3.44. The lowest BCUT2D eigenvalue weighted by atomic mass is 10.3. The zero-order valence-corrected chi connectivity index (χ0v) is 9.11. The average molecular weight is 205 g/mol. The summed E-state index contributed by atoms with van der Waals surface area (Å²) < 4.78 is 0. The van der Waals surface area contributed by atoms with Crippen molar-refractivity contribution in [2.75, 3.05) is 26.2 Å². The van der Waals surface area contributed by atoms with E-state index in [9.17, 15) is 5.11 Å². The van der Waals surface area contributed by atoms with E-state index in [1.165, 1.54) is 0 Å². The van der Waals surface area contributed by atoms with Crippen molar-refractivity contribution >= 4 is 0 Å². The molecule has 0 saturated carbocycles. The van der Waals surface area contributed by atoms with Gasteiger partial charge >= 0.3 is 0 Å². The van der Waals surface area contributed by atoms with Crippen LogP contribution >= 0.6 is 0 Å². The molecule has 0 heterocycles. The van der Waals surface area contributed by atoms with Crippen molar-refractivity contribution in [3.8, 4) is 0 Å². The first-order chi connectivity index (χ1) is 6.57. The van der Waals surface area contributed by atoms with Crippen LogP contribution in [0.4, 0.5) is 0 Å². The van der Waals surface area contributed by atoms with Crippen molar-refractivity contribution in [3.05, 3.63) is 0 Å². The summed E-state index contributed by atoms with van der Waals surface area (Å²) in [7, 11) is 0. The number of hydrogen-bond donors (Lipinski definition) is 4. The van der Waals surface area contributed by atoms with Crippen LogP contribution in [0.25, 0.3) is 0 Å². The molecule has 0 aliphatic rings. The topological polar surface area (TPSA) is 81.8 Å². The minimum absolute atomic E-state index is 0.454. The number of nitrogens with one attached hydrogen (secondary N) is 1. The molecule has 0 bridgehead atoms. The van der Waals surface area contributed by atoms with E-state index in [-0.39, 0.29) is 0 Å². The molecular weight excluding hydrogens is 182 g/mol. The van der Waals surface area contributed by atoms with Crippen LogP contribution in [0.1, 0.15) is 20.3 Å². The van der Waals surface area contributed by atoms with Crippen molar-refractivity contribution in [2.24, 2.45) is 5.73 Å². The third-order valence-electron chi connectivity index (χ3n) is 2.01. The number of hydrogen-bond acceptors (Lipinski definition) is 5. The quantitative estimate of drug-likeness (QED) is 0.299. The fourth-order valence-electron chi connectivity index (χ4n) is 1.24. The largest absolute Gasteiger partial charge is 0.379 e. The summed E-state index contributed by atoms with van der Waals surface area (Å²) in [5, 5.41) is 21.2. The molecule has 2 atom stereocenters. The Balaban J connectivity index is 3.50. The molecule has 0 aliphatic carbocycles. The van der Waals surface area contributed by atoms with E-state index in [0.29, 0.717) is 13.1 Å². The highest BCUT2D eigenvalue weighted by atomic mass is 16.3. The molecule has 0 radical (unpaired) electrons. The van der Waals surface area contributed by atoms with E-state index in [1.807, 2.05) is 4.90 Å². The Morgan fingerprint density at radius 2 is 1.93 bits per heavy atom. The second-order valence-electron chi connectivity index (χ2n) is 3.44. The van der Waals surface area contributed by atoms with Crippen LogP contribution in [-0.2, 0) is 0 Å². The molecule has 5 N–H and O–H groups in total. The summed E-state index contributed by atoms with van der Waals surface area (Å²) in [6.45, 7) is 6.20. The van der Waals surface area contributed by atoms with Gasteiger partial charge in [0.25, 0.3) is 0 Å². The molecule has 0 fully saturated rings. The third kappa shape index (κ3) is 7.23. The zero-order valence-electron chi connectivity index (χ0n) is 9.11. The Hall–Kier alpha value is -0.200. The van der Waals surface area contributed by atoms with E-state index >= 15 is 0 Å². The van der Waals surface area contributed by atoms with Gasteiger partial charge in [0, 0.05) is 19.6 Å². The van der Waals surface area contributed by atoms with Crippen LogP contribution in [0.3, 0.4) is 0 Å². The van der Waals surface area contributed by atoms with Crippen LogP contribution in [0.2, 0.25) is 0 Å².